The van der Waals surface area contributed by atoms with E-state index in [1.807, 2.05) is 26.0 Å². The number of carbonyl (C=O) groups is 1. The maximum Gasteiger partial charge on any atom is 0.272 e. The number of rotatable bonds is 6. The summed E-state index contributed by atoms with van der Waals surface area (Å²) in [5.41, 5.74) is 1.98. The summed E-state index contributed by atoms with van der Waals surface area (Å²) in [6.07, 6.45) is 2.98. The van der Waals surface area contributed by atoms with Crippen molar-refractivity contribution >= 4 is 11.6 Å². The van der Waals surface area contributed by atoms with E-state index in [-0.39, 0.29) is 5.91 Å². The Bertz CT molecular complexity index is 480. The van der Waals surface area contributed by atoms with Gasteiger partial charge in [-0.3, -0.25) is 9.78 Å². The second kappa shape index (κ2) is 5.81. The van der Waals surface area contributed by atoms with Gasteiger partial charge >= 0.3 is 0 Å². The fourth-order valence-corrected chi connectivity index (χ4v) is 2.50. The van der Waals surface area contributed by atoms with Gasteiger partial charge in [-0.15, -0.1) is 0 Å². The largest absolute Gasteiger partial charge is 0.385 e. The van der Waals surface area contributed by atoms with Crippen molar-refractivity contribution in [3.63, 3.8) is 0 Å². The lowest BCUT2D eigenvalue weighted by atomic mass is 10.1. The quantitative estimate of drug-likeness (QED) is 0.868. The summed E-state index contributed by atoms with van der Waals surface area (Å²) in [6, 6.07) is 3.78. The molecular weight excluding hydrogens is 250 g/mol. The normalized spacial score (nSPS) is 19.5. The summed E-state index contributed by atoms with van der Waals surface area (Å²) in [5.74, 6) is 0.739. The van der Waals surface area contributed by atoms with Crippen molar-refractivity contribution in [2.45, 2.75) is 34.1 Å². The molecule has 2 rings (SSSR count). The predicted molar refractivity (Wildman–Crippen MR) is 81.9 cm³/mol. The molecule has 0 radical (unpaired) electrons. The lowest BCUT2D eigenvalue weighted by molar-refractivity contribution is 0.0767. The Hall–Kier alpha value is -1.58. The van der Waals surface area contributed by atoms with Crippen LogP contribution in [0.25, 0.3) is 0 Å². The van der Waals surface area contributed by atoms with Crippen LogP contribution in [0.3, 0.4) is 0 Å². The molecule has 1 unspecified atom stereocenters. The number of amides is 1. The predicted octanol–water partition coefficient (Wildman–Crippen LogP) is 3.02. The van der Waals surface area contributed by atoms with Crippen LogP contribution in [0.5, 0.6) is 0 Å². The van der Waals surface area contributed by atoms with Gasteiger partial charge in [0.05, 0.1) is 0 Å². The van der Waals surface area contributed by atoms with Crippen molar-refractivity contribution in [3.8, 4) is 0 Å². The van der Waals surface area contributed by atoms with E-state index in [4.69, 9.17) is 0 Å². The number of hydrogen-bond donors (Lipinski definition) is 1. The van der Waals surface area contributed by atoms with E-state index in [9.17, 15) is 4.79 Å². The Morgan fingerprint density at radius 2 is 2.10 bits per heavy atom. The van der Waals surface area contributed by atoms with Crippen molar-refractivity contribution in [2.24, 2.45) is 11.3 Å². The van der Waals surface area contributed by atoms with Crippen LogP contribution in [-0.4, -0.2) is 35.4 Å². The Morgan fingerprint density at radius 3 is 2.65 bits per heavy atom. The van der Waals surface area contributed by atoms with Crippen LogP contribution in [0.2, 0.25) is 0 Å². The molecule has 1 fully saturated rings. The van der Waals surface area contributed by atoms with Gasteiger partial charge in [0.25, 0.3) is 5.91 Å². The molecule has 1 aromatic rings. The van der Waals surface area contributed by atoms with Crippen LogP contribution in [0, 0.1) is 11.3 Å². The highest BCUT2D eigenvalue weighted by molar-refractivity contribution is 5.93. The molecule has 0 saturated heterocycles. The molecule has 4 nitrogen and oxygen atoms in total. The summed E-state index contributed by atoms with van der Waals surface area (Å²) in [7, 11) is 0. The van der Waals surface area contributed by atoms with Crippen LogP contribution >= 0.6 is 0 Å². The molecule has 1 aromatic heterocycles. The van der Waals surface area contributed by atoms with Gasteiger partial charge in [-0.1, -0.05) is 13.8 Å². The molecular formula is C16H25N3O. The molecule has 1 amide bonds. The molecule has 110 valence electrons. The van der Waals surface area contributed by atoms with E-state index in [1.165, 1.54) is 6.42 Å². The minimum atomic E-state index is 0.00500. The molecule has 0 aliphatic heterocycles. The first-order valence-corrected chi connectivity index (χ1v) is 7.47. The van der Waals surface area contributed by atoms with E-state index in [2.05, 4.69) is 24.1 Å². The Balaban J connectivity index is 1.99. The zero-order valence-electron chi connectivity index (χ0n) is 12.9. The second-order valence-corrected chi connectivity index (χ2v) is 6.18. The van der Waals surface area contributed by atoms with Gasteiger partial charge in [0.1, 0.15) is 5.69 Å². The second-order valence-electron chi connectivity index (χ2n) is 6.18. The van der Waals surface area contributed by atoms with Gasteiger partial charge in [0, 0.05) is 31.5 Å². The fraction of sp³-hybridized carbons (Fsp3) is 0.625. The zero-order valence-corrected chi connectivity index (χ0v) is 12.9. The van der Waals surface area contributed by atoms with Gasteiger partial charge in [-0.2, -0.15) is 0 Å². The van der Waals surface area contributed by atoms with Crippen LogP contribution in [0.15, 0.2) is 18.3 Å². The Labute approximate surface area is 121 Å². The lowest BCUT2D eigenvalue weighted by Gasteiger charge is -2.18. The highest BCUT2D eigenvalue weighted by Crippen LogP contribution is 2.51. The highest BCUT2D eigenvalue weighted by atomic mass is 16.2. The molecule has 1 aliphatic rings. The van der Waals surface area contributed by atoms with Crippen molar-refractivity contribution in [1.82, 2.24) is 9.88 Å². The minimum Gasteiger partial charge on any atom is -0.385 e. The molecule has 1 saturated carbocycles. The van der Waals surface area contributed by atoms with Gasteiger partial charge in [0.2, 0.25) is 0 Å². The monoisotopic (exact) mass is 275 g/mol. The van der Waals surface area contributed by atoms with Gasteiger partial charge < -0.3 is 10.2 Å². The third-order valence-electron chi connectivity index (χ3n) is 4.30. The maximum absolute atomic E-state index is 12.2. The van der Waals surface area contributed by atoms with E-state index in [0.29, 0.717) is 24.2 Å². The molecule has 0 spiro atoms. The van der Waals surface area contributed by atoms with Crippen molar-refractivity contribution in [3.05, 3.63) is 24.0 Å². The molecule has 1 aliphatic carbocycles. The number of nitrogens with one attached hydrogen (secondary N) is 1. The van der Waals surface area contributed by atoms with Gasteiger partial charge in [0.15, 0.2) is 0 Å². The number of nitrogens with zero attached hydrogens (tertiary/aromatic N) is 2. The molecule has 4 heteroatoms. The number of anilines is 1. The number of hydrogen-bond acceptors (Lipinski definition) is 3. The summed E-state index contributed by atoms with van der Waals surface area (Å²) < 4.78 is 0. The fourth-order valence-electron chi connectivity index (χ4n) is 2.50. The van der Waals surface area contributed by atoms with E-state index < -0.39 is 0 Å². The summed E-state index contributed by atoms with van der Waals surface area (Å²) in [4.78, 5) is 18.2. The molecule has 1 atom stereocenters. The van der Waals surface area contributed by atoms with Crippen LogP contribution in [0.1, 0.15) is 44.6 Å². The molecule has 20 heavy (non-hydrogen) atoms. The number of pyridine rings is 1. The molecule has 0 aromatic carbocycles. The molecule has 1 heterocycles. The summed E-state index contributed by atoms with van der Waals surface area (Å²) >= 11 is 0. The van der Waals surface area contributed by atoms with Crippen LogP contribution in [0.4, 0.5) is 5.69 Å². The molecule has 0 bridgehead atoms. The summed E-state index contributed by atoms with van der Waals surface area (Å²) in [6.45, 7) is 10.9. The first kappa shape index (κ1) is 14.8. The number of carbonyl (C=O) groups excluding carboxylic acids is 1. The standard InChI is InChI=1S/C16H25N3O/c1-5-19(6-2)15(20)14-9-13(7-8-17-14)18-11-12-10-16(12,3)4/h7-9,12H,5-6,10-11H2,1-4H3,(H,17,18). The first-order valence-electron chi connectivity index (χ1n) is 7.47. The maximum atomic E-state index is 12.2. The van der Waals surface area contributed by atoms with Crippen molar-refractivity contribution in [1.29, 1.82) is 0 Å². The Morgan fingerprint density at radius 1 is 1.45 bits per heavy atom. The van der Waals surface area contributed by atoms with Crippen molar-refractivity contribution < 1.29 is 4.79 Å². The lowest BCUT2D eigenvalue weighted by Crippen LogP contribution is -2.31. The Kier molecular flexibility index (Phi) is 4.31. The first-order chi connectivity index (χ1) is 9.47. The smallest absolute Gasteiger partial charge is 0.272 e. The zero-order chi connectivity index (χ0) is 14.8. The molecule has 1 N–H and O–H groups in total. The van der Waals surface area contributed by atoms with Crippen LogP contribution in [-0.2, 0) is 0 Å². The van der Waals surface area contributed by atoms with Crippen LogP contribution < -0.4 is 5.32 Å². The van der Waals surface area contributed by atoms with E-state index in [0.717, 1.165) is 18.2 Å². The highest BCUT2D eigenvalue weighted by Gasteiger charge is 2.44. The SMILES string of the molecule is CCN(CC)C(=O)c1cc(NCC2CC2(C)C)ccn1. The average Bonchev–Trinajstić information content (AvgIpc) is 3.05. The minimum absolute atomic E-state index is 0.00500. The van der Waals surface area contributed by atoms with E-state index >= 15 is 0 Å². The summed E-state index contributed by atoms with van der Waals surface area (Å²) in [5, 5.41) is 3.42. The van der Waals surface area contributed by atoms with E-state index in [1.54, 1.807) is 11.1 Å². The van der Waals surface area contributed by atoms with Crippen molar-refractivity contribution in [2.75, 3.05) is 25.0 Å². The average molecular weight is 275 g/mol. The number of aromatic nitrogens is 1. The third-order valence-corrected chi connectivity index (χ3v) is 4.30. The third kappa shape index (κ3) is 3.30. The van der Waals surface area contributed by atoms with Gasteiger partial charge in [-0.05, 0) is 43.7 Å². The van der Waals surface area contributed by atoms with Gasteiger partial charge in [-0.25, -0.2) is 0 Å². The topological polar surface area (TPSA) is 45.2 Å².